The Morgan fingerprint density at radius 2 is 2.41 bits per heavy atom. The van der Waals surface area contributed by atoms with Gasteiger partial charge in [-0.2, -0.15) is 0 Å². The lowest BCUT2D eigenvalue weighted by atomic mass is 9.84. The average molecular weight is 262 g/mol. The molecule has 3 atom stereocenters. The van der Waals surface area contributed by atoms with Crippen molar-refractivity contribution in [3.63, 3.8) is 0 Å². The van der Waals surface area contributed by atoms with Crippen LogP contribution in [0.4, 0.5) is 0 Å². The summed E-state index contributed by atoms with van der Waals surface area (Å²) in [5, 5.41) is 9.26. The lowest BCUT2D eigenvalue weighted by molar-refractivity contribution is -0.160. The zero-order valence-corrected chi connectivity index (χ0v) is 10.9. The van der Waals surface area contributed by atoms with Crippen LogP contribution < -0.4 is 0 Å². The van der Waals surface area contributed by atoms with E-state index in [2.05, 4.69) is 0 Å². The Hall–Kier alpha value is -0.320. The number of aliphatic hydroxyl groups excluding tert-OH is 1. The van der Waals surface area contributed by atoms with Crippen molar-refractivity contribution < 1.29 is 14.6 Å². The maximum atomic E-state index is 11.9. The summed E-state index contributed by atoms with van der Waals surface area (Å²) < 4.78 is 5.84. The van der Waals surface area contributed by atoms with E-state index in [9.17, 15) is 9.90 Å². The summed E-state index contributed by atoms with van der Waals surface area (Å²) in [6, 6.07) is 0. The fourth-order valence-electron chi connectivity index (χ4n) is 2.82. The SMILES string of the molecule is CC(Cl)C(=O)N1CCCC2(CC(O)CCO2)C1. The first-order chi connectivity index (χ1) is 8.02. The lowest BCUT2D eigenvalue weighted by Crippen LogP contribution is -2.56. The number of aliphatic hydroxyl groups is 1. The summed E-state index contributed by atoms with van der Waals surface area (Å²) >= 11 is 5.84. The van der Waals surface area contributed by atoms with Crippen molar-refractivity contribution in [1.82, 2.24) is 4.90 Å². The molecular formula is C12H20ClNO3. The predicted octanol–water partition coefficient (Wildman–Crippen LogP) is 1.15. The highest BCUT2D eigenvalue weighted by molar-refractivity contribution is 6.30. The standard InChI is InChI=1S/C12H20ClNO3/c1-9(13)11(16)14-5-2-4-12(8-14)7-10(15)3-6-17-12/h9-10,15H,2-8H2,1H3. The highest BCUT2D eigenvalue weighted by atomic mass is 35.5. The highest BCUT2D eigenvalue weighted by Crippen LogP contribution is 2.34. The van der Waals surface area contributed by atoms with Crippen molar-refractivity contribution in [2.24, 2.45) is 0 Å². The molecule has 2 aliphatic heterocycles. The fraction of sp³-hybridized carbons (Fsp3) is 0.917. The Bertz CT molecular complexity index is 293. The summed E-state index contributed by atoms with van der Waals surface area (Å²) in [5.74, 6) is -0.0330. The first-order valence-corrected chi connectivity index (χ1v) is 6.71. The molecule has 5 heteroatoms. The molecule has 17 heavy (non-hydrogen) atoms. The van der Waals surface area contributed by atoms with Crippen molar-refractivity contribution in [2.75, 3.05) is 19.7 Å². The molecule has 2 heterocycles. The minimum atomic E-state index is -0.487. The van der Waals surface area contributed by atoms with Gasteiger partial charge in [-0.15, -0.1) is 11.6 Å². The van der Waals surface area contributed by atoms with Crippen LogP contribution in [0.2, 0.25) is 0 Å². The first-order valence-electron chi connectivity index (χ1n) is 6.27. The van der Waals surface area contributed by atoms with Crippen LogP contribution >= 0.6 is 11.6 Å². The Labute approximate surface area is 107 Å². The number of piperidine rings is 1. The number of rotatable bonds is 1. The third-order valence-corrected chi connectivity index (χ3v) is 3.85. The van der Waals surface area contributed by atoms with E-state index in [0.29, 0.717) is 26.0 Å². The van der Waals surface area contributed by atoms with Gasteiger partial charge in [-0.25, -0.2) is 0 Å². The van der Waals surface area contributed by atoms with Crippen LogP contribution in [-0.2, 0) is 9.53 Å². The normalized spacial score (nSPS) is 35.9. The van der Waals surface area contributed by atoms with E-state index < -0.39 is 5.38 Å². The molecule has 0 aromatic heterocycles. The van der Waals surface area contributed by atoms with E-state index in [-0.39, 0.29) is 17.6 Å². The Kier molecular flexibility index (Phi) is 3.95. The van der Waals surface area contributed by atoms with Gasteiger partial charge in [0.1, 0.15) is 5.38 Å². The van der Waals surface area contributed by atoms with Crippen LogP contribution in [-0.4, -0.2) is 52.7 Å². The molecular weight excluding hydrogens is 242 g/mol. The molecule has 0 saturated carbocycles. The largest absolute Gasteiger partial charge is 0.393 e. The van der Waals surface area contributed by atoms with Gasteiger partial charge in [-0.05, 0) is 26.2 Å². The molecule has 1 N–H and O–H groups in total. The topological polar surface area (TPSA) is 49.8 Å². The first kappa shape index (κ1) is 13.1. The van der Waals surface area contributed by atoms with Gasteiger partial charge in [0.15, 0.2) is 0 Å². The van der Waals surface area contributed by atoms with E-state index in [0.717, 1.165) is 19.4 Å². The number of hydrogen-bond donors (Lipinski definition) is 1. The average Bonchev–Trinajstić information content (AvgIpc) is 2.27. The number of alkyl halides is 1. The zero-order chi connectivity index (χ0) is 12.5. The molecule has 2 aliphatic rings. The van der Waals surface area contributed by atoms with E-state index in [1.807, 2.05) is 0 Å². The molecule has 2 saturated heterocycles. The Balaban J connectivity index is 2.03. The molecule has 4 nitrogen and oxygen atoms in total. The number of hydrogen-bond acceptors (Lipinski definition) is 3. The third kappa shape index (κ3) is 2.92. The van der Waals surface area contributed by atoms with Crippen molar-refractivity contribution in [1.29, 1.82) is 0 Å². The molecule has 3 unspecified atom stereocenters. The van der Waals surface area contributed by atoms with Crippen molar-refractivity contribution in [2.45, 2.75) is 49.7 Å². The van der Waals surface area contributed by atoms with E-state index in [4.69, 9.17) is 16.3 Å². The summed E-state index contributed by atoms with van der Waals surface area (Å²) in [6.45, 7) is 3.60. The van der Waals surface area contributed by atoms with Gasteiger partial charge >= 0.3 is 0 Å². The second-order valence-corrected chi connectivity index (χ2v) is 5.81. The smallest absolute Gasteiger partial charge is 0.240 e. The van der Waals surface area contributed by atoms with E-state index >= 15 is 0 Å². The number of carbonyl (C=O) groups excluding carboxylic acids is 1. The fourth-order valence-corrected chi connectivity index (χ4v) is 2.96. The van der Waals surface area contributed by atoms with Crippen molar-refractivity contribution >= 4 is 17.5 Å². The second-order valence-electron chi connectivity index (χ2n) is 5.16. The number of amides is 1. The quantitative estimate of drug-likeness (QED) is 0.721. The minimum absolute atomic E-state index is 0.0330. The molecule has 0 bridgehead atoms. The van der Waals surface area contributed by atoms with Crippen LogP contribution in [0.1, 0.15) is 32.6 Å². The summed E-state index contributed by atoms with van der Waals surface area (Å²) in [6.07, 6.45) is 2.87. The molecule has 0 aromatic rings. The summed E-state index contributed by atoms with van der Waals surface area (Å²) in [4.78, 5) is 13.7. The van der Waals surface area contributed by atoms with Crippen LogP contribution in [0.5, 0.6) is 0 Å². The minimum Gasteiger partial charge on any atom is -0.393 e. The molecule has 98 valence electrons. The van der Waals surface area contributed by atoms with Gasteiger partial charge in [0, 0.05) is 26.1 Å². The van der Waals surface area contributed by atoms with Crippen LogP contribution in [0.15, 0.2) is 0 Å². The van der Waals surface area contributed by atoms with Crippen molar-refractivity contribution in [3.8, 4) is 0 Å². The maximum Gasteiger partial charge on any atom is 0.240 e. The number of ether oxygens (including phenoxy) is 1. The van der Waals surface area contributed by atoms with E-state index in [1.54, 1.807) is 11.8 Å². The summed E-state index contributed by atoms with van der Waals surface area (Å²) in [7, 11) is 0. The Morgan fingerprint density at radius 3 is 3.06 bits per heavy atom. The van der Waals surface area contributed by atoms with Gasteiger partial charge in [0.25, 0.3) is 0 Å². The summed E-state index contributed by atoms with van der Waals surface area (Å²) in [5.41, 5.74) is -0.336. The number of halogens is 1. The van der Waals surface area contributed by atoms with Gasteiger partial charge in [-0.3, -0.25) is 4.79 Å². The third-order valence-electron chi connectivity index (χ3n) is 3.66. The van der Waals surface area contributed by atoms with Gasteiger partial charge in [0.2, 0.25) is 5.91 Å². The zero-order valence-electron chi connectivity index (χ0n) is 10.2. The molecule has 2 rings (SSSR count). The highest BCUT2D eigenvalue weighted by Gasteiger charge is 2.42. The van der Waals surface area contributed by atoms with Crippen LogP contribution in [0.3, 0.4) is 0 Å². The number of likely N-dealkylation sites (tertiary alicyclic amines) is 1. The molecule has 0 radical (unpaired) electrons. The number of carbonyl (C=O) groups is 1. The molecule has 0 aliphatic carbocycles. The molecule has 2 fully saturated rings. The predicted molar refractivity (Wildman–Crippen MR) is 65.1 cm³/mol. The maximum absolute atomic E-state index is 11.9. The van der Waals surface area contributed by atoms with E-state index in [1.165, 1.54) is 0 Å². The molecule has 1 amide bonds. The monoisotopic (exact) mass is 261 g/mol. The van der Waals surface area contributed by atoms with Gasteiger partial charge in [0.05, 0.1) is 11.7 Å². The van der Waals surface area contributed by atoms with Gasteiger partial charge in [-0.1, -0.05) is 0 Å². The number of nitrogens with zero attached hydrogens (tertiary/aromatic N) is 1. The molecule has 1 spiro atoms. The second kappa shape index (κ2) is 5.12. The van der Waals surface area contributed by atoms with Crippen LogP contribution in [0, 0.1) is 0 Å². The van der Waals surface area contributed by atoms with Gasteiger partial charge < -0.3 is 14.7 Å². The molecule has 0 aromatic carbocycles. The Morgan fingerprint density at radius 1 is 1.65 bits per heavy atom. The van der Waals surface area contributed by atoms with Crippen molar-refractivity contribution in [3.05, 3.63) is 0 Å². The van der Waals surface area contributed by atoms with Crippen LogP contribution in [0.25, 0.3) is 0 Å². The lowest BCUT2D eigenvalue weighted by Gasteiger charge is -2.46.